The molecule has 0 aliphatic carbocycles. The van der Waals surface area contributed by atoms with Gasteiger partial charge in [-0.3, -0.25) is 0 Å². The Kier molecular flexibility index (Phi) is 3.84. The Labute approximate surface area is 107 Å². The Balaban J connectivity index is 2.12. The second-order valence-corrected chi connectivity index (χ2v) is 4.04. The van der Waals surface area contributed by atoms with E-state index in [1.165, 1.54) is 0 Å². The molecular weight excluding hydrogens is 259 g/mol. The van der Waals surface area contributed by atoms with Crippen molar-refractivity contribution in [1.29, 1.82) is 0 Å². The second-order valence-electron chi connectivity index (χ2n) is 4.04. The first-order valence-electron chi connectivity index (χ1n) is 5.66. The fourth-order valence-corrected chi connectivity index (χ4v) is 1.56. The lowest BCUT2D eigenvalue weighted by atomic mass is 10.1. The highest BCUT2D eigenvalue weighted by molar-refractivity contribution is 5.53. The van der Waals surface area contributed by atoms with Crippen LogP contribution in [0.25, 0.3) is 11.5 Å². The number of hydrogen-bond donors (Lipinski definition) is 1. The number of halogens is 3. The van der Waals surface area contributed by atoms with Crippen molar-refractivity contribution in [3.63, 3.8) is 0 Å². The summed E-state index contributed by atoms with van der Waals surface area (Å²) in [4.78, 5) is 3.94. The summed E-state index contributed by atoms with van der Waals surface area (Å²) in [5.41, 5.74) is 7.03. The number of nitrogens with two attached hydrogens (primary N) is 1. The van der Waals surface area contributed by atoms with Crippen LogP contribution in [0.2, 0.25) is 0 Å². The highest BCUT2D eigenvalue weighted by Crippen LogP contribution is 2.23. The molecule has 1 aromatic carbocycles. The first-order valence-corrected chi connectivity index (χ1v) is 5.66. The molecule has 0 radical (unpaired) electrons. The van der Waals surface area contributed by atoms with Crippen LogP contribution in [0.1, 0.15) is 17.8 Å². The highest BCUT2D eigenvalue weighted by atomic mass is 19.4. The maximum atomic E-state index is 12.1. The molecule has 2 rings (SSSR count). The van der Waals surface area contributed by atoms with Gasteiger partial charge in [-0.25, -0.2) is 0 Å². The highest BCUT2D eigenvalue weighted by Gasteiger charge is 2.27. The van der Waals surface area contributed by atoms with Gasteiger partial charge < -0.3 is 10.3 Å². The van der Waals surface area contributed by atoms with Crippen LogP contribution in [0.4, 0.5) is 13.2 Å². The number of rotatable bonds is 4. The van der Waals surface area contributed by atoms with E-state index in [4.69, 9.17) is 10.3 Å². The molecule has 1 heterocycles. The third-order valence-corrected chi connectivity index (χ3v) is 2.51. The monoisotopic (exact) mass is 271 g/mol. The predicted molar refractivity (Wildman–Crippen MR) is 62.0 cm³/mol. The van der Waals surface area contributed by atoms with Crippen LogP contribution in [0.5, 0.6) is 0 Å². The lowest BCUT2D eigenvalue weighted by Gasteiger charge is -2.01. The number of hydrogen-bond acceptors (Lipinski definition) is 4. The van der Waals surface area contributed by atoms with Crippen molar-refractivity contribution in [3.05, 3.63) is 35.7 Å². The Hall–Kier alpha value is -1.89. The minimum absolute atomic E-state index is 0.0467. The zero-order chi connectivity index (χ0) is 13.9. The Morgan fingerprint density at radius 1 is 1.26 bits per heavy atom. The Morgan fingerprint density at radius 3 is 2.74 bits per heavy atom. The molecule has 0 saturated carbocycles. The SMILES string of the molecule is NCc1cccc(-c2nc(CCC(F)(F)F)no2)c1. The van der Waals surface area contributed by atoms with E-state index in [2.05, 4.69) is 10.1 Å². The standard InChI is InChI=1S/C12H12F3N3O/c13-12(14,15)5-4-10-17-11(19-18-10)9-3-1-2-8(6-9)7-16/h1-3,6H,4-5,7,16H2. The van der Waals surface area contributed by atoms with Gasteiger partial charge in [-0.2, -0.15) is 18.2 Å². The lowest BCUT2D eigenvalue weighted by molar-refractivity contribution is -0.134. The van der Waals surface area contributed by atoms with Crippen LogP contribution >= 0.6 is 0 Å². The van der Waals surface area contributed by atoms with Crippen molar-refractivity contribution in [2.45, 2.75) is 25.6 Å². The van der Waals surface area contributed by atoms with Crippen LogP contribution in [-0.4, -0.2) is 16.3 Å². The van der Waals surface area contributed by atoms with Crippen LogP contribution in [0, 0.1) is 0 Å². The zero-order valence-electron chi connectivity index (χ0n) is 9.94. The summed E-state index contributed by atoms with van der Waals surface area (Å²) in [7, 11) is 0. The molecule has 0 amide bonds. The van der Waals surface area contributed by atoms with E-state index >= 15 is 0 Å². The van der Waals surface area contributed by atoms with Crippen molar-refractivity contribution in [2.75, 3.05) is 0 Å². The van der Waals surface area contributed by atoms with Gasteiger partial charge in [0.25, 0.3) is 5.89 Å². The van der Waals surface area contributed by atoms with Crippen LogP contribution in [0.3, 0.4) is 0 Å². The topological polar surface area (TPSA) is 64.9 Å². The first-order chi connectivity index (χ1) is 8.98. The molecule has 7 heteroatoms. The van der Waals surface area contributed by atoms with Gasteiger partial charge in [-0.15, -0.1) is 0 Å². The fourth-order valence-electron chi connectivity index (χ4n) is 1.56. The van der Waals surface area contributed by atoms with E-state index in [1.54, 1.807) is 18.2 Å². The van der Waals surface area contributed by atoms with Gasteiger partial charge >= 0.3 is 6.18 Å². The van der Waals surface area contributed by atoms with Gasteiger partial charge in [0.05, 0.1) is 6.42 Å². The molecule has 0 atom stereocenters. The molecule has 0 bridgehead atoms. The van der Waals surface area contributed by atoms with Gasteiger partial charge in [0.15, 0.2) is 5.82 Å². The number of nitrogens with zero attached hydrogens (tertiary/aromatic N) is 2. The quantitative estimate of drug-likeness (QED) is 0.928. The summed E-state index contributed by atoms with van der Waals surface area (Å²) < 4.78 is 41.2. The summed E-state index contributed by atoms with van der Waals surface area (Å²) in [5, 5.41) is 3.53. The van der Waals surface area contributed by atoms with Crippen molar-refractivity contribution in [2.24, 2.45) is 5.73 Å². The van der Waals surface area contributed by atoms with Gasteiger partial charge in [0, 0.05) is 18.5 Å². The van der Waals surface area contributed by atoms with Crippen LogP contribution in [0.15, 0.2) is 28.8 Å². The molecule has 2 N–H and O–H groups in total. The summed E-state index contributed by atoms with van der Waals surface area (Å²) in [5.74, 6) is 0.248. The minimum atomic E-state index is -4.22. The van der Waals surface area contributed by atoms with E-state index in [0.717, 1.165) is 5.56 Å². The van der Waals surface area contributed by atoms with E-state index in [9.17, 15) is 13.2 Å². The molecule has 102 valence electrons. The molecule has 0 fully saturated rings. The molecule has 0 aliphatic rings. The molecule has 0 saturated heterocycles. The smallest absolute Gasteiger partial charge is 0.334 e. The van der Waals surface area contributed by atoms with E-state index in [-0.39, 0.29) is 18.1 Å². The molecule has 2 aromatic rings. The average Bonchev–Trinajstić information content (AvgIpc) is 2.84. The largest absolute Gasteiger partial charge is 0.389 e. The maximum absolute atomic E-state index is 12.1. The number of aryl methyl sites for hydroxylation is 1. The molecule has 19 heavy (non-hydrogen) atoms. The van der Waals surface area contributed by atoms with Crippen LogP contribution < -0.4 is 5.73 Å². The summed E-state index contributed by atoms with van der Waals surface area (Å²) in [6.45, 7) is 0.364. The van der Waals surface area contributed by atoms with E-state index in [1.807, 2.05) is 6.07 Å². The molecular formula is C12H12F3N3O. The molecule has 0 spiro atoms. The third kappa shape index (κ3) is 3.78. The van der Waals surface area contributed by atoms with Crippen molar-refractivity contribution < 1.29 is 17.7 Å². The van der Waals surface area contributed by atoms with E-state index in [0.29, 0.717) is 12.1 Å². The first kappa shape index (κ1) is 13.5. The van der Waals surface area contributed by atoms with Crippen molar-refractivity contribution >= 4 is 0 Å². The summed E-state index contributed by atoms with van der Waals surface area (Å²) in [6, 6.07) is 7.11. The Morgan fingerprint density at radius 2 is 2.05 bits per heavy atom. The minimum Gasteiger partial charge on any atom is -0.334 e. The number of benzene rings is 1. The molecule has 1 aromatic heterocycles. The zero-order valence-corrected chi connectivity index (χ0v) is 9.94. The second kappa shape index (κ2) is 5.40. The summed E-state index contributed by atoms with van der Waals surface area (Å²) >= 11 is 0. The third-order valence-electron chi connectivity index (χ3n) is 2.51. The predicted octanol–water partition coefficient (Wildman–Crippen LogP) is 2.69. The molecule has 0 aliphatic heterocycles. The lowest BCUT2D eigenvalue weighted by Crippen LogP contribution is -2.09. The van der Waals surface area contributed by atoms with Gasteiger partial charge in [-0.05, 0) is 17.7 Å². The fraction of sp³-hybridized carbons (Fsp3) is 0.333. The van der Waals surface area contributed by atoms with Crippen molar-refractivity contribution in [1.82, 2.24) is 10.1 Å². The van der Waals surface area contributed by atoms with Gasteiger partial charge in [-0.1, -0.05) is 17.3 Å². The van der Waals surface area contributed by atoms with Crippen molar-refractivity contribution in [3.8, 4) is 11.5 Å². The normalized spacial score (nSPS) is 11.8. The number of alkyl halides is 3. The molecule has 0 unspecified atom stereocenters. The van der Waals surface area contributed by atoms with Gasteiger partial charge in [0.2, 0.25) is 0 Å². The average molecular weight is 271 g/mol. The molecule has 4 nitrogen and oxygen atoms in total. The summed E-state index contributed by atoms with van der Waals surface area (Å²) in [6.07, 6.45) is -5.47. The Bertz CT molecular complexity index is 551. The number of aromatic nitrogens is 2. The van der Waals surface area contributed by atoms with Gasteiger partial charge in [0.1, 0.15) is 0 Å². The van der Waals surface area contributed by atoms with Crippen LogP contribution in [-0.2, 0) is 13.0 Å². The maximum Gasteiger partial charge on any atom is 0.389 e. The van der Waals surface area contributed by atoms with E-state index < -0.39 is 12.6 Å².